The number of rotatable bonds is 5. The molecule has 11 nitrogen and oxygen atoms in total. The first kappa shape index (κ1) is 22.3. The Morgan fingerprint density at radius 3 is 2.85 bits per heavy atom. The highest BCUT2D eigenvalue weighted by molar-refractivity contribution is 7.13. The number of hydrogen-bond donors (Lipinski definition) is 2. The van der Waals surface area contributed by atoms with E-state index in [9.17, 15) is 4.79 Å². The molecule has 13 heteroatoms. The molecule has 33 heavy (non-hydrogen) atoms. The number of aromatic nitrogens is 4. The van der Waals surface area contributed by atoms with E-state index in [2.05, 4.69) is 20.7 Å². The predicted octanol–water partition coefficient (Wildman–Crippen LogP) is 1.48. The van der Waals surface area contributed by atoms with E-state index in [4.69, 9.17) is 36.4 Å². The number of nitrogens with zero attached hydrogens (tertiary/aromatic N) is 4. The molecule has 3 aromatic rings. The summed E-state index contributed by atoms with van der Waals surface area (Å²) in [5.41, 5.74) is 3.54. The van der Waals surface area contributed by atoms with Gasteiger partial charge in [0, 0.05) is 18.1 Å². The second-order valence-electron chi connectivity index (χ2n) is 7.53. The molecule has 0 bridgehead atoms. The molecule has 5 rings (SSSR count). The molecule has 2 fully saturated rings. The zero-order valence-corrected chi connectivity index (χ0v) is 19.0. The van der Waals surface area contributed by atoms with Gasteiger partial charge in [-0.05, 0) is 0 Å². The van der Waals surface area contributed by atoms with Crippen LogP contribution in [0.3, 0.4) is 0 Å². The van der Waals surface area contributed by atoms with Gasteiger partial charge in [0.25, 0.3) is 5.91 Å². The average molecular weight is 493 g/mol. The van der Waals surface area contributed by atoms with Gasteiger partial charge in [-0.15, -0.1) is 16.4 Å². The van der Waals surface area contributed by atoms with Crippen LogP contribution < -0.4 is 11.3 Å². The highest BCUT2D eigenvalue weighted by Gasteiger charge is 2.53. The third-order valence-electron chi connectivity index (χ3n) is 5.61. The van der Waals surface area contributed by atoms with Crippen LogP contribution in [0.15, 0.2) is 41.9 Å². The van der Waals surface area contributed by atoms with Crippen LogP contribution in [0.4, 0.5) is 0 Å². The fourth-order valence-corrected chi connectivity index (χ4v) is 5.03. The molecule has 0 spiro atoms. The van der Waals surface area contributed by atoms with Gasteiger partial charge in [0.15, 0.2) is 12.4 Å². The second-order valence-corrected chi connectivity index (χ2v) is 8.78. The first-order valence-corrected chi connectivity index (χ1v) is 11.4. The fourth-order valence-electron chi connectivity index (χ4n) is 4.13. The first-order chi connectivity index (χ1) is 16.1. The van der Waals surface area contributed by atoms with Crippen LogP contribution in [-0.2, 0) is 23.7 Å². The molecule has 1 amide bonds. The van der Waals surface area contributed by atoms with E-state index >= 15 is 0 Å². The summed E-state index contributed by atoms with van der Waals surface area (Å²) in [6.07, 6.45) is -1.78. The molecule has 2 aliphatic rings. The Hall–Kier alpha value is -2.45. The van der Waals surface area contributed by atoms with Crippen LogP contribution >= 0.6 is 22.9 Å². The van der Waals surface area contributed by atoms with Crippen molar-refractivity contribution in [2.45, 2.75) is 36.7 Å². The lowest BCUT2D eigenvalue weighted by atomic mass is 9.91. The minimum absolute atomic E-state index is 0.204. The van der Waals surface area contributed by atoms with Gasteiger partial charge in [-0.3, -0.25) is 10.2 Å². The van der Waals surface area contributed by atoms with E-state index in [-0.39, 0.29) is 6.61 Å². The monoisotopic (exact) mass is 492 g/mol. The van der Waals surface area contributed by atoms with Crippen molar-refractivity contribution < 1.29 is 23.7 Å². The summed E-state index contributed by atoms with van der Waals surface area (Å²) in [6, 6.07) is 9.00. The lowest BCUT2D eigenvalue weighted by Crippen LogP contribution is -2.63. The van der Waals surface area contributed by atoms with Gasteiger partial charge in [0.2, 0.25) is 0 Å². The van der Waals surface area contributed by atoms with Gasteiger partial charge in [0.05, 0.1) is 12.8 Å². The van der Waals surface area contributed by atoms with E-state index in [0.717, 1.165) is 5.56 Å². The lowest BCUT2D eigenvalue weighted by molar-refractivity contribution is -0.314. The number of thiazole rings is 1. The summed E-state index contributed by atoms with van der Waals surface area (Å²) in [6.45, 7) is 0.204. The third kappa shape index (κ3) is 4.26. The fraction of sp³-hybridized carbons (Fsp3) is 0.400. The van der Waals surface area contributed by atoms with Crippen molar-refractivity contribution in [2.75, 3.05) is 13.7 Å². The summed E-state index contributed by atoms with van der Waals surface area (Å²) in [7, 11) is 1.49. The number of halogens is 1. The SMILES string of the molecule is COC1[C@@H](n2cc(-c3nc(Cl)cs3)nn2)[C@H]2OC(c3ccccc3)OCC2O[C@H]1C(=O)NN. The smallest absolute Gasteiger partial charge is 0.265 e. The van der Waals surface area contributed by atoms with E-state index in [1.54, 1.807) is 16.3 Å². The van der Waals surface area contributed by atoms with Gasteiger partial charge in [-0.1, -0.05) is 47.1 Å². The summed E-state index contributed by atoms with van der Waals surface area (Å²) in [5.74, 6) is 4.88. The molecule has 174 valence electrons. The zero-order chi connectivity index (χ0) is 22.9. The van der Waals surface area contributed by atoms with Crippen LogP contribution in [0.2, 0.25) is 5.15 Å². The van der Waals surface area contributed by atoms with Crippen molar-refractivity contribution in [3.63, 3.8) is 0 Å². The maximum atomic E-state index is 12.5. The molecular weight excluding hydrogens is 472 g/mol. The number of nitrogens with two attached hydrogens (primary N) is 1. The number of carbonyl (C=O) groups is 1. The molecule has 0 saturated carbocycles. The van der Waals surface area contributed by atoms with Gasteiger partial charge < -0.3 is 18.9 Å². The van der Waals surface area contributed by atoms with Crippen LogP contribution in [0.1, 0.15) is 17.9 Å². The predicted molar refractivity (Wildman–Crippen MR) is 117 cm³/mol. The Balaban J connectivity index is 1.51. The van der Waals surface area contributed by atoms with Crippen LogP contribution in [0, 0.1) is 0 Å². The number of nitrogens with one attached hydrogen (secondary N) is 1. The third-order valence-corrected chi connectivity index (χ3v) is 6.80. The van der Waals surface area contributed by atoms with Crippen LogP contribution in [0.25, 0.3) is 10.7 Å². The number of ether oxygens (including phenoxy) is 4. The molecule has 1 aromatic carbocycles. The molecule has 2 saturated heterocycles. The van der Waals surface area contributed by atoms with Crippen LogP contribution in [0.5, 0.6) is 0 Å². The number of hydrogen-bond acceptors (Lipinski definition) is 10. The molecule has 6 atom stereocenters. The van der Waals surface area contributed by atoms with Gasteiger partial charge in [-0.25, -0.2) is 15.5 Å². The van der Waals surface area contributed by atoms with Crippen LogP contribution in [-0.4, -0.2) is 64.0 Å². The summed E-state index contributed by atoms with van der Waals surface area (Å²) >= 11 is 7.32. The molecule has 3 N–H and O–H groups in total. The quantitative estimate of drug-likeness (QED) is 0.308. The molecule has 0 aliphatic carbocycles. The number of amides is 1. The van der Waals surface area contributed by atoms with Gasteiger partial charge in [0.1, 0.15) is 40.2 Å². The molecule has 2 aliphatic heterocycles. The van der Waals surface area contributed by atoms with E-state index < -0.39 is 42.7 Å². The van der Waals surface area contributed by atoms with Crippen molar-refractivity contribution in [3.8, 4) is 10.7 Å². The zero-order valence-electron chi connectivity index (χ0n) is 17.4. The Kier molecular flexibility index (Phi) is 6.38. The molecule has 3 unspecified atom stereocenters. The number of fused-ring (bicyclic) bond motifs is 1. The molecule has 4 heterocycles. The van der Waals surface area contributed by atoms with Crippen molar-refractivity contribution in [1.82, 2.24) is 25.4 Å². The standard InChI is InChI=1S/C20H21ClN6O5S/c1-29-16-14(27-7-11(25-26-27)19-23-13(21)9-33-19)15-12(31-17(16)18(28)24-22)8-30-20(32-15)10-5-3-2-4-6-10/h2-7,9,12,14-17,20H,8,22H2,1H3,(H,24,28)/t12?,14-,15-,16?,17+,20?/m0/s1. The van der Waals surface area contributed by atoms with Crippen molar-refractivity contribution >= 4 is 28.8 Å². The van der Waals surface area contributed by atoms with Crippen molar-refractivity contribution in [3.05, 3.63) is 52.6 Å². The Bertz CT molecular complexity index is 1110. The van der Waals surface area contributed by atoms with Gasteiger partial charge in [-0.2, -0.15) is 0 Å². The minimum Gasteiger partial charge on any atom is -0.376 e. The summed E-state index contributed by atoms with van der Waals surface area (Å²) < 4.78 is 25.6. The largest absolute Gasteiger partial charge is 0.376 e. The topological polar surface area (TPSA) is 136 Å². The average Bonchev–Trinajstić information content (AvgIpc) is 3.51. The summed E-state index contributed by atoms with van der Waals surface area (Å²) in [4.78, 5) is 16.8. The van der Waals surface area contributed by atoms with E-state index in [1.165, 1.54) is 18.4 Å². The van der Waals surface area contributed by atoms with E-state index in [0.29, 0.717) is 15.9 Å². The highest BCUT2D eigenvalue weighted by Crippen LogP contribution is 2.40. The van der Waals surface area contributed by atoms with Gasteiger partial charge >= 0.3 is 0 Å². The Morgan fingerprint density at radius 1 is 1.33 bits per heavy atom. The normalized spacial score (nSPS) is 29.4. The lowest BCUT2D eigenvalue weighted by Gasteiger charge is -2.48. The maximum Gasteiger partial charge on any atom is 0.265 e. The minimum atomic E-state index is -1.01. The number of methoxy groups -OCH3 is 1. The number of hydrazine groups is 1. The Labute approximate surface area is 197 Å². The van der Waals surface area contributed by atoms with Crippen molar-refractivity contribution in [2.24, 2.45) is 5.84 Å². The highest BCUT2D eigenvalue weighted by atomic mass is 35.5. The number of carbonyl (C=O) groups excluding carboxylic acids is 1. The number of benzene rings is 1. The van der Waals surface area contributed by atoms with Crippen molar-refractivity contribution in [1.29, 1.82) is 0 Å². The maximum absolute atomic E-state index is 12.5. The second kappa shape index (κ2) is 9.43. The Morgan fingerprint density at radius 2 is 2.15 bits per heavy atom. The summed E-state index contributed by atoms with van der Waals surface area (Å²) in [5, 5.41) is 11.3. The molecular formula is C20H21ClN6O5S. The molecule has 0 radical (unpaired) electrons. The first-order valence-electron chi connectivity index (χ1n) is 10.1. The molecule has 2 aromatic heterocycles. The van der Waals surface area contributed by atoms with E-state index in [1.807, 2.05) is 30.3 Å².